The fourth-order valence-corrected chi connectivity index (χ4v) is 2.44. The van der Waals surface area contributed by atoms with E-state index in [4.69, 9.17) is 10.3 Å². The molecule has 0 spiro atoms. The highest BCUT2D eigenvalue weighted by Crippen LogP contribution is 2.33. The molecule has 1 fully saturated rings. The van der Waals surface area contributed by atoms with Gasteiger partial charge in [-0.25, -0.2) is 8.78 Å². The summed E-state index contributed by atoms with van der Waals surface area (Å²) in [6, 6.07) is 3.32. The number of nitrogens with zero attached hydrogens (tertiary/aromatic N) is 2. The second kappa shape index (κ2) is 4.70. The van der Waals surface area contributed by atoms with E-state index in [0.717, 1.165) is 25.3 Å². The standard InChI is InChI=1S/C13H13F2N3O/c14-9-3-8(4-10(15)6-9)12-17-13(19-18-12)7-1-2-11(16)5-7/h3-4,6-7,11H,1-2,5,16H2/t7-,11+/m1/s1. The molecule has 0 aliphatic heterocycles. The lowest BCUT2D eigenvalue weighted by Gasteiger charge is -2.01. The SMILES string of the molecule is N[C@H]1CC[C@@H](c2nc(-c3cc(F)cc(F)c3)no2)C1. The first-order chi connectivity index (χ1) is 9.11. The van der Waals surface area contributed by atoms with Gasteiger partial charge < -0.3 is 10.3 Å². The summed E-state index contributed by atoms with van der Waals surface area (Å²) in [4.78, 5) is 4.21. The van der Waals surface area contributed by atoms with Gasteiger partial charge in [0, 0.05) is 23.6 Å². The molecule has 2 atom stereocenters. The van der Waals surface area contributed by atoms with E-state index in [9.17, 15) is 8.78 Å². The lowest BCUT2D eigenvalue weighted by Crippen LogP contribution is -2.14. The van der Waals surface area contributed by atoms with Crippen LogP contribution in [-0.2, 0) is 0 Å². The molecule has 1 heterocycles. The predicted octanol–water partition coefficient (Wildman–Crippen LogP) is 2.61. The zero-order valence-electron chi connectivity index (χ0n) is 10.1. The second-order valence-electron chi connectivity index (χ2n) is 4.88. The zero-order chi connectivity index (χ0) is 13.4. The van der Waals surface area contributed by atoms with Gasteiger partial charge in [0.2, 0.25) is 11.7 Å². The fourth-order valence-electron chi connectivity index (χ4n) is 2.44. The largest absolute Gasteiger partial charge is 0.339 e. The molecule has 4 nitrogen and oxygen atoms in total. The van der Waals surface area contributed by atoms with Gasteiger partial charge in [0.1, 0.15) is 11.6 Å². The van der Waals surface area contributed by atoms with Crippen LogP contribution in [0.3, 0.4) is 0 Å². The minimum Gasteiger partial charge on any atom is -0.339 e. The number of hydrogen-bond donors (Lipinski definition) is 1. The monoisotopic (exact) mass is 265 g/mol. The topological polar surface area (TPSA) is 64.9 Å². The molecule has 0 bridgehead atoms. The van der Waals surface area contributed by atoms with Crippen LogP contribution < -0.4 is 5.73 Å². The molecular weight excluding hydrogens is 252 g/mol. The molecule has 3 rings (SSSR count). The number of benzene rings is 1. The van der Waals surface area contributed by atoms with Crippen LogP contribution in [-0.4, -0.2) is 16.2 Å². The Morgan fingerprint density at radius 3 is 2.53 bits per heavy atom. The summed E-state index contributed by atoms with van der Waals surface area (Å²) in [5.41, 5.74) is 6.10. The van der Waals surface area contributed by atoms with Crippen molar-refractivity contribution in [3.05, 3.63) is 35.7 Å². The van der Waals surface area contributed by atoms with Gasteiger partial charge in [-0.15, -0.1) is 0 Å². The molecule has 0 saturated heterocycles. The first kappa shape index (κ1) is 12.2. The second-order valence-corrected chi connectivity index (χ2v) is 4.88. The minimum atomic E-state index is -0.663. The summed E-state index contributed by atoms with van der Waals surface area (Å²) in [5, 5.41) is 3.78. The van der Waals surface area contributed by atoms with Crippen LogP contribution in [0.1, 0.15) is 31.1 Å². The van der Waals surface area contributed by atoms with Crippen molar-refractivity contribution < 1.29 is 13.3 Å². The highest BCUT2D eigenvalue weighted by molar-refractivity contribution is 5.54. The van der Waals surface area contributed by atoms with E-state index < -0.39 is 11.6 Å². The Balaban J connectivity index is 1.88. The average molecular weight is 265 g/mol. The Morgan fingerprint density at radius 2 is 1.89 bits per heavy atom. The van der Waals surface area contributed by atoms with Crippen molar-refractivity contribution >= 4 is 0 Å². The van der Waals surface area contributed by atoms with Gasteiger partial charge in [-0.1, -0.05) is 5.16 Å². The third kappa shape index (κ3) is 2.49. The number of hydrogen-bond acceptors (Lipinski definition) is 4. The zero-order valence-corrected chi connectivity index (χ0v) is 10.1. The third-order valence-corrected chi connectivity index (χ3v) is 3.38. The Labute approximate surface area is 108 Å². The van der Waals surface area contributed by atoms with Crippen molar-refractivity contribution in [3.63, 3.8) is 0 Å². The molecule has 0 radical (unpaired) electrons. The van der Waals surface area contributed by atoms with Crippen molar-refractivity contribution in [3.8, 4) is 11.4 Å². The smallest absolute Gasteiger partial charge is 0.230 e. The lowest BCUT2D eigenvalue weighted by molar-refractivity contribution is 0.353. The Kier molecular flexibility index (Phi) is 3.02. The molecule has 0 amide bonds. The minimum absolute atomic E-state index is 0.148. The van der Waals surface area contributed by atoms with E-state index >= 15 is 0 Å². The van der Waals surface area contributed by atoms with E-state index in [-0.39, 0.29) is 23.3 Å². The Hall–Kier alpha value is -1.82. The van der Waals surface area contributed by atoms with Crippen LogP contribution in [0.4, 0.5) is 8.78 Å². The van der Waals surface area contributed by atoms with Gasteiger partial charge in [-0.2, -0.15) is 4.98 Å². The molecule has 1 aliphatic carbocycles. The summed E-state index contributed by atoms with van der Waals surface area (Å²) in [6.07, 6.45) is 2.64. The van der Waals surface area contributed by atoms with Crippen molar-refractivity contribution in [1.29, 1.82) is 0 Å². The van der Waals surface area contributed by atoms with Crippen LogP contribution in [0.5, 0.6) is 0 Å². The quantitative estimate of drug-likeness (QED) is 0.906. The molecule has 1 aliphatic rings. The van der Waals surface area contributed by atoms with Crippen molar-refractivity contribution in [2.75, 3.05) is 0 Å². The van der Waals surface area contributed by atoms with Gasteiger partial charge >= 0.3 is 0 Å². The average Bonchev–Trinajstić information content (AvgIpc) is 2.95. The van der Waals surface area contributed by atoms with Gasteiger partial charge in [-0.3, -0.25) is 0 Å². The molecule has 2 aromatic rings. The van der Waals surface area contributed by atoms with Crippen LogP contribution in [0.15, 0.2) is 22.7 Å². The van der Waals surface area contributed by atoms with Gasteiger partial charge in [0.25, 0.3) is 0 Å². The summed E-state index contributed by atoms with van der Waals surface area (Å²) in [5.74, 6) is -0.482. The van der Waals surface area contributed by atoms with E-state index in [1.807, 2.05) is 0 Å². The fraction of sp³-hybridized carbons (Fsp3) is 0.385. The summed E-state index contributed by atoms with van der Waals surface area (Å²) >= 11 is 0. The number of halogens is 2. The first-order valence-electron chi connectivity index (χ1n) is 6.17. The van der Waals surface area contributed by atoms with E-state index in [2.05, 4.69) is 10.1 Å². The molecule has 19 heavy (non-hydrogen) atoms. The van der Waals surface area contributed by atoms with E-state index in [1.165, 1.54) is 12.1 Å². The van der Waals surface area contributed by atoms with Crippen LogP contribution >= 0.6 is 0 Å². The van der Waals surface area contributed by atoms with Crippen LogP contribution in [0.2, 0.25) is 0 Å². The molecular formula is C13H13F2N3O. The maximum Gasteiger partial charge on any atom is 0.230 e. The highest BCUT2D eigenvalue weighted by atomic mass is 19.1. The molecule has 1 aromatic carbocycles. The molecule has 6 heteroatoms. The summed E-state index contributed by atoms with van der Waals surface area (Å²) in [6.45, 7) is 0. The van der Waals surface area contributed by atoms with Gasteiger partial charge in [0.15, 0.2) is 0 Å². The third-order valence-electron chi connectivity index (χ3n) is 3.38. The number of rotatable bonds is 2. The lowest BCUT2D eigenvalue weighted by atomic mass is 10.1. The highest BCUT2D eigenvalue weighted by Gasteiger charge is 2.28. The van der Waals surface area contributed by atoms with Crippen LogP contribution in [0.25, 0.3) is 11.4 Å². The maximum atomic E-state index is 13.1. The molecule has 1 aromatic heterocycles. The van der Waals surface area contributed by atoms with Crippen molar-refractivity contribution in [2.24, 2.45) is 5.73 Å². The Morgan fingerprint density at radius 1 is 1.16 bits per heavy atom. The number of aromatic nitrogens is 2. The van der Waals surface area contributed by atoms with Gasteiger partial charge in [0.05, 0.1) is 0 Å². The van der Waals surface area contributed by atoms with Crippen LogP contribution in [0, 0.1) is 11.6 Å². The van der Waals surface area contributed by atoms with Crippen molar-refractivity contribution in [2.45, 2.75) is 31.2 Å². The molecule has 2 N–H and O–H groups in total. The van der Waals surface area contributed by atoms with Gasteiger partial charge in [-0.05, 0) is 31.4 Å². The molecule has 100 valence electrons. The molecule has 1 saturated carbocycles. The van der Waals surface area contributed by atoms with E-state index in [0.29, 0.717) is 5.89 Å². The number of nitrogens with two attached hydrogens (primary N) is 1. The summed E-state index contributed by atoms with van der Waals surface area (Å²) < 4.78 is 31.4. The first-order valence-corrected chi connectivity index (χ1v) is 6.17. The summed E-state index contributed by atoms with van der Waals surface area (Å²) in [7, 11) is 0. The predicted molar refractivity (Wildman–Crippen MR) is 64.2 cm³/mol. The van der Waals surface area contributed by atoms with E-state index in [1.54, 1.807) is 0 Å². The maximum absolute atomic E-state index is 13.1. The Bertz CT molecular complexity index is 579. The molecule has 0 unspecified atom stereocenters. The normalized spacial score (nSPS) is 22.9. The van der Waals surface area contributed by atoms with Crippen molar-refractivity contribution in [1.82, 2.24) is 10.1 Å².